The van der Waals surface area contributed by atoms with Crippen molar-refractivity contribution in [1.82, 2.24) is 5.27 Å². The molecule has 0 saturated heterocycles. The number of amides is 1. The summed E-state index contributed by atoms with van der Waals surface area (Å²) in [5.74, 6) is -0.759. The van der Waals surface area contributed by atoms with Crippen molar-refractivity contribution in [3.8, 4) is 11.6 Å². The first-order valence-electron chi connectivity index (χ1n) is 8.56. The van der Waals surface area contributed by atoms with Crippen LogP contribution >= 0.6 is 11.8 Å². The minimum Gasteiger partial charge on any atom is -0.538 e. The Hall–Kier alpha value is -2.80. The summed E-state index contributed by atoms with van der Waals surface area (Å²) in [4.78, 5) is 12.5. The summed E-state index contributed by atoms with van der Waals surface area (Å²) in [6, 6.07) is 13.3. The molecule has 0 bridgehead atoms. The standard InChI is InChI=1S/C20H21N3O3S/c1-12-5-9-17(10-6-12)23-19(20(25)26-22-23)27-15(4)18(24)21-16-8-7-13(2)14(3)11-16/h5-11,15H,1-4H3,(H-,21,22,24,25). The molecular formula is C20H21N3O3S. The number of hydrogen-bond donors (Lipinski definition) is 1. The molecule has 0 fully saturated rings. The number of nitrogens with one attached hydrogen (secondary N) is 1. The molecule has 1 heterocycles. The largest absolute Gasteiger partial charge is 0.538 e. The summed E-state index contributed by atoms with van der Waals surface area (Å²) < 4.78 is 6.24. The maximum absolute atomic E-state index is 12.5. The minimum atomic E-state index is -0.564. The normalized spacial score (nSPS) is 12.0. The molecule has 0 aliphatic rings. The lowest BCUT2D eigenvalue weighted by Gasteiger charge is -2.11. The predicted molar refractivity (Wildman–Crippen MR) is 102 cm³/mol. The Morgan fingerprint density at radius 1 is 1.15 bits per heavy atom. The van der Waals surface area contributed by atoms with Crippen molar-refractivity contribution in [2.24, 2.45) is 0 Å². The number of benzene rings is 2. The second-order valence-corrected chi connectivity index (χ2v) is 7.79. The van der Waals surface area contributed by atoms with Crippen LogP contribution in [0.2, 0.25) is 0 Å². The number of thioether (sulfide) groups is 1. The van der Waals surface area contributed by atoms with E-state index in [-0.39, 0.29) is 10.9 Å². The van der Waals surface area contributed by atoms with Crippen LogP contribution in [-0.2, 0) is 4.79 Å². The molecule has 0 radical (unpaired) electrons. The van der Waals surface area contributed by atoms with Crippen molar-refractivity contribution in [3.63, 3.8) is 0 Å². The van der Waals surface area contributed by atoms with E-state index < -0.39 is 11.2 Å². The van der Waals surface area contributed by atoms with Crippen molar-refractivity contribution in [3.05, 3.63) is 59.2 Å². The predicted octanol–water partition coefficient (Wildman–Crippen LogP) is 3.07. The molecule has 1 unspecified atom stereocenters. The quantitative estimate of drug-likeness (QED) is 0.541. The Labute approximate surface area is 162 Å². The van der Waals surface area contributed by atoms with Gasteiger partial charge in [0, 0.05) is 17.8 Å². The third-order valence-corrected chi connectivity index (χ3v) is 5.41. The van der Waals surface area contributed by atoms with Gasteiger partial charge in [-0.25, -0.2) is 0 Å². The van der Waals surface area contributed by atoms with Gasteiger partial charge in [0.1, 0.15) is 0 Å². The second-order valence-electron chi connectivity index (χ2n) is 6.46. The van der Waals surface area contributed by atoms with Crippen LogP contribution < -0.4 is 15.1 Å². The highest BCUT2D eigenvalue weighted by atomic mass is 32.2. The first-order valence-corrected chi connectivity index (χ1v) is 9.44. The SMILES string of the molecule is Cc1ccc(-[n+]2noc([O-])c2SC(C)C(=O)Nc2ccc(C)c(C)c2)cc1. The lowest BCUT2D eigenvalue weighted by atomic mass is 10.1. The topological polar surface area (TPSA) is 82.1 Å². The first kappa shape index (κ1) is 19.0. The number of anilines is 1. The second kappa shape index (κ2) is 7.84. The third-order valence-electron chi connectivity index (χ3n) is 4.28. The number of aryl methyl sites for hydroxylation is 3. The van der Waals surface area contributed by atoms with Crippen molar-refractivity contribution in [2.75, 3.05) is 5.32 Å². The van der Waals surface area contributed by atoms with Gasteiger partial charge in [-0.3, -0.25) is 4.79 Å². The molecule has 7 heteroatoms. The highest BCUT2D eigenvalue weighted by Gasteiger charge is 2.26. The average molecular weight is 383 g/mol. The summed E-state index contributed by atoms with van der Waals surface area (Å²) in [7, 11) is 0. The monoisotopic (exact) mass is 383 g/mol. The number of hydrogen-bond acceptors (Lipinski definition) is 5. The number of carbonyl (C=O) groups is 1. The minimum absolute atomic E-state index is 0.195. The Balaban J connectivity index is 1.76. The molecule has 0 aliphatic heterocycles. The van der Waals surface area contributed by atoms with Crippen LogP contribution in [0.15, 0.2) is 52.0 Å². The highest BCUT2D eigenvalue weighted by Crippen LogP contribution is 2.28. The van der Waals surface area contributed by atoms with Gasteiger partial charge in [0.2, 0.25) is 11.6 Å². The van der Waals surface area contributed by atoms with Gasteiger partial charge in [-0.1, -0.05) is 23.8 Å². The average Bonchev–Trinajstić information content (AvgIpc) is 2.99. The summed E-state index contributed by atoms with van der Waals surface area (Å²) in [6.07, 6.45) is 0. The summed E-state index contributed by atoms with van der Waals surface area (Å²) in [5, 5.41) is 18.5. The van der Waals surface area contributed by atoms with E-state index in [0.29, 0.717) is 5.69 Å². The first-order chi connectivity index (χ1) is 12.8. The van der Waals surface area contributed by atoms with Crippen molar-refractivity contribution in [1.29, 1.82) is 0 Å². The molecule has 27 heavy (non-hydrogen) atoms. The maximum atomic E-state index is 12.5. The van der Waals surface area contributed by atoms with Crippen molar-refractivity contribution in [2.45, 2.75) is 38.0 Å². The fourth-order valence-electron chi connectivity index (χ4n) is 2.47. The van der Waals surface area contributed by atoms with Gasteiger partial charge in [0.05, 0.1) is 10.5 Å². The van der Waals surface area contributed by atoms with Crippen LogP contribution in [0.4, 0.5) is 5.69 Å². The van der Waals surface area contributed by atoms with Gasteiger partial charge in [-0.2, -0.15) is 0 Å². The summed E-state index contributed by atoms with van der Waals surface area (Å²) >= 11 is 1.12. The van der Waals surface area contributed by atoms with E-state index in [1.54, 1.807) is 6.92 Å². The van der Waals surface area contributed by atoms with E-state index in [1.807, 2.05) is 63.2 Å². The van der Waals surface area contributed by atoms with E-state index >= 15 is 0 Å². The number of aromatic nitrogens is 2. The lowest BCUT2D eigenvalue weighted by molar-refractivity contribution is -0.705. The molecule has 140 valence electrons. The molecule has 3 aromatic rings. The van der Waals surface area contributed by atoms with Crippen LogP contribution in [-0.4, -0.2) is 16.4 Å². The van der Waals surface area contributed by atoms with Gasteiger partial charge < -0.3 is 14.9 Å². The lowest BCUT2D eigenvalue weighted by Crippen LogP contribution is -2.36. The van der Waals surface area contributed by atoms with E-state index in [4.69, 9.17) is 4.52 Å². The van der Waals surface area contributed by atoms with E-state index in [0.717, 1.165) is 34.1 Å². The van der Waals surface area contributed by atoms with Crippen LogP contribution in [0.1, 0.15) is 23.6 Å². The van der Waals surface area contributed by atoms with Gasteiger partial charge >= 0.3 is 0 Å². The number of nitrogens with zero attached hydrogens (tertiary/aromatic N) is 2. The molecule has 6 nitrogen and oxygen atoms in total. The van der Waals surface area contributed by atoms with Crippen LogP contribution in [0.5, 0.6) is 5.95 Å². The van der Waals surface area contributed by atoms with Crippen LogP contribution in [0.3, 0.4) is 0 Å². The van der Waals surface area contributed by atoms with Gasteiger partial charge in [-0.15, -0.1) is 0 Å². The van der Waals surface area contributed by atoms with E-state index in [9.17, 15) is 9.90 Å². The summed E-state index contributed by atoms with van der Waals surface area (Å²) in [6.45, 7) is 7.73. The van der Waals surface area contributed by atoms with Gasteiger partial charge in [-0.05, 0) is 67.4 Å². The smallest absolute Gasteiger partial charge is 0.298 e. The zero-order valence-corrected chi connectivity index (χ0v) is 16.5. The zero-order valence-electron chi connectivity index (χ0n) is 15.6. The fourth-order valence-corrected chi connectivity index (χ4v) is 3.35. The Bertz CT molecular complexity index is 967. The van der Waals surface area contributed by atoms with E-state index in [2.05, 4.69) is 10.6 Å². The Kier molecular flexibility index (Phi) is 5.51. The third kappa shape index (κ3) is 4.31. The van der Waals surface area contributed by atoms with Gasteiger partial charge in [0.15, 0.2) is 5.95 Å². The molecule has 0 aliphatic carbocycles. The maximum Gasteiger partial charge on any atom is 0.298 e. The van der Waals surface area contributed by atoms with Crippen molar-refractivity contribution < 1.29 is 19.1 Å². The molecule has 0 saturated carbocycles. The Morgan fingerprint density at radius 3 is 2.52 bits per heavy atom. The molecule has 1 N–H and O–H groups in total. The zero-order chi connectivity index (χ0) is 19.6. The van der Waals surface area contributed by atoms with Crippen LogP contribution in [0.25, 0.3) is 5.69 Å². The fraction of sp³-hybridized carbons (Fsp3) is 0.250. The molecule has 3 rings (SSSR count). The Morgan fingerprint density at radius 2 is 1.85 bits per heavy atom. The number of rotatable bonds is 5. The number of carbonyl (C=O) groups excluding carboxylic acids is 1. The van der Waals surface area contributed by atoms with Crippen molar-refractivity contribution >= 4 is 23.4 Å². The van der Waals surface area contributed by atoms with Gasteiger partial charge in [0.25, 0.3) is 5.03 Å². The highest BCUT2D eigenvalue weighted by molar-refractivity contribution is 8.00. The van der Waals surface area contributed by atoms with E-state index in [1.165, 1.54) is 4.68 Å². The summed E-state index contributed by atoms with van der Waals surface area (Å²) in [5.41, 5.74) is 4.80. The molecule has 1 aromatic heterocycles. The van der Waals surface area contributed by atoms with Crippen LogP contribution in [0, 0.1) is 20.8 Å². The molecule has 0 spiro atoms. The molecule has 2 aromatic carbocycles. The molecule has 1 atom stereocenters. The molecule has 1 amide bonds. The molecular weight excluding hydrogens is 362 g/mol.